The van der Waals surface area contributed by atoms with Gasteiger partial charge in [0.15, 0.2) is 0 Å². The monoisotopic (exact) mass is 240 g/mol. The highest BCUT2D eigenvalue weighted by atomic mass is 19.1. The topological polar surface area (TPSA) is 26.3 Å². The van der Waals surface area contributed by atoms with E-state index in [0.717, 1.165) is 11.1 Å². The molecule has 1 aliphatic heterocycles. The van der Waals surface area contributed by atoms with E-state index in [4.69, 9.17) is 4.74 Å². The molecule has 0 unspecified atom stereocenters. The predicted molar refractivity (Wildman–Crippen MR) is 66.1 cm³/mol. The molecule has 3 rings (SSSR count). The summed E-state index contributed by atoms with van der Waals surface area (Å²) < 4.78 is 18.0. The number of hydrogen-bond donors (Lipinski definition) is 0. The Morgan fingerprint density at radius 2 is 1.61 bits per heavy atom. The molecule has 0 radical (unpaired) electrons. The average molecular weight is 240 g/mol. The zero-order valence-corrected chi connectivity index (χ0v) is 9.39. The zero-order chi connectivity index (χ0) is 12.5. The maximum atomic E-state index is 12.8. The second-order valence-electron chi connectivity index (χ2n) is 4.00. The van der Waals surface area contributed by atoms with Gasteiger partial charge in [-0.25, -0.2) is 9.18 Å². The average Bonchev–Trinajstić information content (AvgIpc) is 2.70. The van der Waals surface area contributed by atoms with E-state index >= 15 is 0 Å². The third-order valence-electron chi connectivity index (χ3n) is 2.78. The number of rotatable bonds is 1. The van der Waals surface area contributed by atoms with Crippen LogP contribution < -0.4 is 0 Å². The molecule has 0 bridgehead atoms. The molecule has 0 fully saturated rings. The van der Waals surface area contributed by atoms with Crippen LogP contribution in [0.15, 0.2) is 48.5 Å². The molecule has 1 aliphatic rings. The first-order chi connectivity index (χ1) is 8.74. The standard InChI is InChI=1S/C15H9FO2/c16-11-7-5-10(6-8-11)9-14-12-3-1-2-4-13(12)15(17)18-14/h1-9H. The van der Waals surface area contributed by atoms with Crippen molar-refractivity contribution in [1.82, 2.24) is 0 Å². The van der Waals surface area contributed by atoms with Crippen LogP contribution in [0.3, 0.4) is 0 Å². The number of benzene rings is 2. The van der Waals surface area contributed by atoms with Crippen LogP contribution in [0.25, 0.3) is 11.8 Å². The van der Waals surface area contributed by atoms with Crippen LogP contribution in [-0.4, -0.2) is 5.97 Å². The summed E-state index contributed by atoms with van der Waals surface area (Å²) in [5.74, 6) is -0.137. The first kappa shape index (κ1) is 10.7. The summed E-state index contributed by atoms with van der Waals surface area (Å²) in [6, 6.07) is 13.2. The molecule has 2 nitrogen and oxygen atoms in total. The van der Waals surface area contributed by atoms with Crippen molar-refractivity contribution in [1.29, 1.82) is 0 Å². The highest BCUT2D eigenvalue weighted by Gasteiger charge is 2.25. The quantitative estimate of drug-likeness (QED) is 0.713. The van der Waals surface area contributed by atoms with E-state index in [2.05, 4.69) is 0 Å². The summed E-state index contributed by atoms with van der Waals surface area (Å²) in [6.45, 7) is 0. The Kier molecular flexibility index (Phi) is 2.45. The lowest BCUT2D eigenvalue weighted by Crippen LogP contribution is -1.92. The number of halogens is 1. The van der Waals surface area contributed by atoms with E-state index in [1.165, 1.54) is 12.1 Å². The molecule has 0 saturated carbocycles. The minimum absolute atomic E-state index is 0.291. The Labute approximate surface area is 103 Å². The molecular formula is C15H9FO2. The normalized spacial score (nSPS) is 15.6. The summed E-state index contributed by atoms with van der Waals surface area (Å²) in [4.78, 5) is 11.6. The van der Waals surface area contributed by atoms with Crippen LogP contribution >= 0.6 is 0 Å². The minimum atomic E-state index is -0.348. The molecule has 0 saturated heterocycles. The van der Waals surface area contributed by atoms with Gasteiger partial charge in [0.2, 0.25) is 0 Å². The van der Waals surface area contributed by atoms with Crippen LogP contribution in [0.5, 0.6) is 0 Å². The van der Waals surface area contributed by atoms with E-state index in [1.807, 2.05) is 12.1 Å². The van der Waals surface area contributed by atoms with Gasteiger partial charge in [0, 0.05) is 5.56 Å². The van der Waals surface area contributed by atoms with Crippen molar-refractivity contribution < 1.29 is 13.9 Å². The van der Waals surface area contributed by atoms with Crippen molar-refractivity contribution in [3.8, 4) is 0 Å². The van der Waals surface area contributed by atoms with Gasteiger partial charge in [-0.3, -0.25) is 0 Å². The van der Waals surface area contributed by atoms with Crippen molar-refractivity contribution >= 4 is 17.8 Å². The van der Waals surface area contributed by atoms with Crippen molar-refractivity contribution in [2.75, 3.05) is 0 Å². The lowest BCUT2D eigenvalue weighted by molar-refractivity contribution is 0.0717. The molecule has 0 N–H and O–H groups in total. The van der Waals surface area contributed by atoms with E-state index in [-0.39, 0.29) is 11.8 Å². The second-order valence-corrected chi connectivity index (χ2v) is 4.00. The lowest BCUT2D eigenvalue weighted by atomic mass is 10.1. The molecule has 0 aromatic heterocycles. The molecule has 3 heteroatoms. The fourth-order valence-electron chi connectivity index (χ4n) is 1.90. The number of ether oxygens (including phenoxy) is 1. The fourth-order valence-corrected chi connectivity index (χ4v) is 1.90. The fraction of sp³-hybridized carbons (Fsp3) is 0. The summed E-state index contributed by atoms with van der Waals surface area (Å²) in [5, 5.41) is 0. The van der Waals surface area contributed by atoms with Crippen molar-refractivity contribution in [2.45, 2.75) is 0 Å². The van der Waals surface area contributed by atoms with Crippen molar-refractivity contribution in [3.63, 3.8) is 0 Å². The Hall–Kier alpha value is -2.42. The molecular weight excluding hydrogens is 231 g/mol. The van der Waals surface area contributed by atoms with Gasteiger partial charge in [-0.15, -0.1) is 0 Å². The second kappa shape index (κ2) is 4.11. The van der Waals surface area contributed by atoms with Crippen LogP contribution in [0.2, 0.25) is 0 Å². The van der Waals surface area contributed by atoms with E-state index in [9.17, 15) is 9.18 Å². The number of carbonyl (C=O) groups excluding carboxylic acids is 1. The smallest absolute Gasteiger partial charge is 0.344 e. The molecule has 2 aromatic rings. The number of cyclic esters (lactones) is 1. The zero-order valence-electron chi connectivity index (χ0n) is 9.39. The maximum Gasteiger partial charge on any atom is 0.344 e. The third kappa shape index (κ3) is 1.80. The van der Waals surface area contributed by atoms with Crippen molar-refractivity contribution in [3.05, 3.63) is 71.0 Å². The SMILES string of the molecule is O=C1OC(=Cc2ccc(F)cc2)c2ccccc21. The van der Waals surface area contributed by atoms with Crippen molar-refractivity contribution in [2.24, 2.45) is 0 Å². The van der Waals surface area contributed by atoms with Gasteiger partial charge in [0.05, 0.1) is 5.56 Å². The lowest BCUT2D eigenvalue weighted by Gasteiger charge is -1.98. The van der Waals surface area contributed by atoms with Gasteiger partial charge >= 0.3 is 5.97 Å². The predicted octanol–water partition coefficient (Wildman–Crippen LogP) is 3.49. The van der Waals surface area contributed by atoms with E-state index in [0.29, 0.717) is 11.3 Å². The number of fused-ring (bicyclic) bond motifs is 1. The highest BCUT2D eigenvalue weighted by molar-refractivity contribution is 6.05. The van der Waals surface area contributed by atoms with E-state index in [1.54, 1.807) is 30.3 Å². The first-order valence-corrected chi connectivity index (χ1v) is 5.53. The number of esters is 1. The Morgan fingerprint density at radius 3 is 2.33 bits per heavy atom. The van der Waals surface area contributed by atoms with Gasteiger partial charge in [-0.05, 0) is 29.8 Å². The van der Waals surface area contributed by atoms with Gasteiger partial charge in [-0.2, -0.15) is 0 Å². The maximum absolute atomic E-state index is 12.8. The molecule has 0 spiro atoms. The molecule has 2 aromatic carbocycles. The van der Waals surface area contributed by atoms with Gasteiger partial charge < -0.3 is 4.74 Å². The van der Waals surface area contributed by atoms with Crippen LogP contribution in [0.4, 0.5) is 4.39 Å². The Bertz CT molecular complexity index is 642. The molecule has 0 atom stereocenters. The summed E-state index contributed by atoms with van der Waals surface area (Å²) >= 11 is 0. The Morgan fingerprint density at radius 1 is 0.944 bits per heavy atom. The third-order valence-corrected chi connectivity index (χ3v) is 2.78. The summed E-state index contributed by atoms with van der Waals surface area (Å²) in [5.41, 5.74) is 2.12. The van der Waals surface area contributed by atoms with Gasteiger partial charge in [-0.1, -0.05) is 30.3 Å². The largest absolute Gasteiger partial charge is 0.422 e. The van der Waals surface area contributed by atoms with Crippen LogP contribution in [0, 0.1) is 5.82 Å². The summed E-state index contributed by atoms with van der Waals surface area (Å²) in [7, 11) is 0. The van der Waals surface area contributed by atoms with Crippen LogP contribution in [0.1, 0.15) is 21.5 Å². The van der Waals surface area contributed by atoms with Gasteiger partial charge in [0.1, 0.15) is 11.6 Å². The Balaban J connectivity index is 2.04. The minimum Gasteiger partial charge on any atom is -0.422 e. The molecule has 18 heavy (non-hydrogen) atoms. The number of carbonyl (C=O) groups is 1. The van der Waals surface area contributed by atoms with E-state index < -0.39 is 0 Å². The number of hydrogen-bond acceptors (Lipinski definition) is 2. The summed E-state index contributed by atoms with van der Waals surface area (Å²) in [6.07, 6.45) is 1.73. The molecule has 0 amide bonds. The molecule has 1 heterocycles. The van der Waals surface area contributed by atoms with Gasteiger partial charge in [0.25, 0.3) is 0 Å². The first-order valence-electron chi connectivity index (χ1n) is 5.53. The van der Waals surface area contributed by atoms with Crippen LogP contribution in [-0.2, 0) is 4.74 Å². The molecule has 88 valence electrons. The highest BCUT2D eigenvalue weighted by Crippen LogP contribution is 2.30. The molecule has 0 aliphatic carbocycles.